The SMILES string of the molecule is O=C(Nc1ccccc1SC(F)F)C1CCN(C(=O)/C=C/c2ccccc2)CC1. The predicted octanol–water partition coefficient (Wildman–Crippen LogP) is 4.89. The highest BCUT2D eigenvalue weighted by atomic mass is 32.2. The van der Waals surface area contributed by atoms with E-state index in [1.165, 1.54) is 0 Å². The molecule has 1 heterocycles. The molecule has 0 saturated carbocycles. The van der Waals surface area contributed by atoms with Gasteiger partial charge >= 0.3 is 0 Å². The second-order valence-electron chi connectivity index (χ2n) is 6.71. The van der Waals surface area contributed by atoms with Gasteiger partial charge in [0.25, 0.3) is 5.76 Å². The maximum atomic E-state index is 12.7. The molecule has 0 aliphatic carbocycles. The van der Waals surface area contributed by atoms with E-state index in [0.717, 1.165) is 5.56 Å². The molecular formula is C22H22F2N2O2S. The monoisotopic (exact) mass is 416 g/mol. The van der Waals surface area contributed by atoms with E-state index in [4.69, 9.17) is 0 Å². The zero-order chi connectivity index (χ0) is 20.6. The first kappa shape index (κ1) is 21.0. The number of para-hydroxylation sites is 1. The summed E-state index contributed by atoms with van der Waals surface area (Å²) in [5.74, 6) is -3.07. The van der Waals surface area contributed by atoms with Crippen LogP contribution in [0.15, 0.2) is 65.6 Å². The number of alkyl halides is 2. The van der Waals surface area contributed by atoms with Gasteiger partial charge in [-0.2, -0.15) is 8.78 Å². The molecule has 0 radical (unpaired) electrons. The molecule has 4 nitrogen and oxygen atoms in total. The lowest BCUT2D eigenvalue weighted by Crippen LogP contribution is -2.40. The minimum Gasteiger partial charge on any atom is -0.339 e. The standard InChI is InChI=1S/C22H22F2N2O2S/c23-22(24)29-19-9-5-4-8-18(19)25-21(28)17-12-14-26(15-13-17)20(27)11-10-16-6-2-1-3-7-16/h1-11,17,22H,12-15H2,(H,25,28)/b11-10+. The molecule has 0 unspecified atom stereocenters. The van der Waals surface area contributed by atoms with Crippen LogP contribution in [0.25, 0.3) is 6.08 Å². The molecule has 0 bridgehead atoms. The summed E-state index contributed by atoms with van der Waals surface area (Å²) in [5.41, 5.74) is 1.35. The fourth-order valence-corrected chi connectivity index (χ4v) is 3.80. The molecule has 2 aromatic rings. The molecule has 1 aliphatic heterocycles. The van der Waals surface area contributed by atoms with E-state index in [-0.39, 0.29) is 17.7 Å². The highest BCUT2D eigenvalue weighted by Gasteiger charge is 2.27. The molecule has 2 aromatic carbocycles. The first-order valence-corrected chi connectivity index (χ1v) is 10.3. The Balaban J connectivity index is 1.52. The predicted molar refractivity (Wildman–Crippen MR) is 112 cm³/mol. The maximum absolute atomic E-state index is 12.7. The Morgan fingerprint density at radius 1 is 1.03 bits per heavy atom. The number of anilines is 1. The van der Waals surface area contributed by atoms with Crippen molar-refractivity contribution < 1.29 is 18.4 Å². The number of halogens is 2. The average molecular weight is 416 g/mol. The van der Waals surface area contributed by atoms with Gasteiger partial charge in [0, 0.05) is 30.0 Å². The van der Waals surface area contributed by atoms with Gasteiger partial charge in [0.1, 0.15) is 0 Å². The molecule has 0 spiro atoms. The number of nitrogens with one attached hydrogen (secondary N) is 1. The number of thioether (sulfide) groups is 1. The van der Waals surface area contributed by atoms with E-state index < -0.39 is 5.76 Å². The van der Waals surface area contributed by atoms with Crippen molar-refractivity contribution in [1.29, 1.82) is 0 Å². The van der Waals surface area contributed by atoms with Crippen LogP contribution in [-0.2, 0) is 9.59 Å². The van der Waals surface area contributed by atoms with Crippen molar-refractivity contribution >= 4 is 35.3 Å². The Kier molecular flexibility index (Phi) is 7.41. The Bertz CT molecular complexity index is 866. The van der Waals surface area contributed by atoms with Gasteiger partial charge in [-0.05, 0) is 36.6 Å². The van der Waals surface area contributed by atoms with E-state index in [0.29, 0.717) is 48.3 Å². The number of hydrogen-bond acceptors (Lipinski definition) is 3. The number of piperidine rings is 1. The fourth-order valence-electron chi connectivity index (χ4n) is 3.20. The molecular weight excluding hydrogens is 394 g/mol. The summed E-state index contributed by atoms with van der Waals surface area (Å²) in [5, 5.41) is 2.77. The van der Waals surface area contributed by atoms with Crippen molar-refractivity contribution in [1.82, 2.24) is 4.90 Å². The summed E-state index contributed by atoms with van der Waals surface area (Å²) in [6.07, 6.45) is 4.41. The third kappa shape index (κ3) is 6.15. The largest absolute Gasteiger partial charge is 0.339 e. The second-order valence-corrected chi connectivity index (χ2v) is 7.74. The number of benzene rings is 2. The molecule has 29 heavy (non-hydrogen) atoms. The maximum Gasteiger partial charge on any atom is 0.288 e. The van der Waals surface area contributed by atoms with Gasteiger partial charge in [0.05, 0.1) is 5.69 Å². The van der Waals surface area contributed by atoms with Crippen LogP contribution in [-0.4, -0.2) is 35.6 Å². The number of nitrogens with zero attached hydrogens (tertiary/aromatic N) is 1. The first-order valence-electron chi connectivity index (χ1n) is 9.39. The van der Waals surface area contributed by atoms with Crippen LogP contribution in [0.2, 0.25) is 0 Å². The second kappa shape index (κ2) is 10.2. The topological polar surface area (TPSA) is 49.4 Å². The summed E-state index contributed by atoms with van der Waals surface area (Å²) in [4.78, 5) is 27.0. The molecule has 1 fully saturated rings. The van der Waals surface area contributed by atoms with Crippen LogP contribution in [0.1, 0.15) is 18.4 Å². The van der Waals surface area contributed by atoms with Crippen molar-refractivity contribution in [2.45, 2.75) is 23.5 Å². The summed E-state index contributed by atoms with van der Waals surface area (Å²) in [6.45, 7) is 0.979. The van der Waals surface area contributed by atoms with Gasteiger partial charge < -0.3 is 10.2 Å². The minimum absolute atomic E-state index is 0.0774. The van der Waals surface area contributed by atoms with E-state index in [2.05, 4.69) is 5.32 Å². The molecule has 1 aliphatic rings. The summed E-state index contributed by atoms with van der Waals surface area (Å²) >= 11 is 0.413. The van der Waals surface area contributed by atoms with Crippen molar-refractivity contribution in [3.63, 3.8) is 0 Å². The lowest BCUT2D eigenvalue weighted by Gasteiger charge is -2.30. The smallest absolute Gasteiger partial charge is 0.288 e. The lowest BCUT2D eigenvalue weighted by molar-refractivity contribution is -0.130. The number of carbonyl (C=O) groups is 2. The highest BCUT2D eigenvalue weighted by Crippen LogP contribution is 2.32. The first-order chi connectivity index (χ1) is 14.0. The number of carbonyl (C=O) groups excluding carboxylic acids is 2. The van der Waals surface area contributed by atoms with Gasteiger partial charge in [-0.15, -0.1) is 0 Å². The van der Waals surface area contributed by atoms with Crippen LogP contribution in [0.4, 0.5) is 14.5 Å². The number of hydrogen-bond donors (Lipinski definition) is 1. The fraction of sp³-hybridized carbons (Fsp3) is 0.273. The van der Waals surface area contributed by atoms with E-state index in [9.17, 15) is 18.4 Å². The van der Waals surface area contributed by atoms with Crippen molar-refractivity contribution in [2.75, 3.05) is 18.4 Å². The van der Waals surface area contributed by atoms with Gasteiger partial charge in [-0.3, -0.25) is 9.59 Å². The van der Waals surface area contributed by atoms with Gasteiger partial charge in [0.2, 0.25) is 11.8 Å². The van der Waals surface area contributed by atoms with E-state index in [1.807, 2.05) is 30.3 Å². The molecule has 0 atom stereocenters. The van der Waals surface area contributed by atoms with Crippen molar-refractivity contribution in [3.8, 4) is 0 Å². The number of rotatable bonds is 6. The Morgan fingerprint density at radius 3 is 2.38 bits per heavy atom. The van der Waals surface area contributed by atoms with Crippen LogP contribution in [0, 0.1) is 5.92 Å². The van der Waals surface area contributed by atoms with Crippen molar-refractivity contribution in [3.05, 3.63) is 66.2 Å². The molecule has 152 valence electrons. The Hall–Kier alpha value is -2.67. The molecule has 2 amide bonds. The summed E-state index contributed by atoms with van der Waals surface area (Å²) in [7, 11) is 0. The molecule has 1 saturated heterocycles. The summed E-state index contributed by atoms with van der Waals surface area (Å²) in [6, 6.07) is 16.1. The lowest BCUT2D eigenvalue weighted by atomic mass is 9.95. The van der Waals surface area contributed by atoms with Crippen LogP contribution in [0.5, 0.6) is 0 Å². The Morgan fingerprint density at radius 2 is 1.69 bits per heavy atom. The van der Waals surface area contributed by atoms with Crippen LogP contribution >= 0.6 is 11.8 Å². The van der Waals surface area contributed by atoms with Crippen LogP contribution in [0.3, 0.4) is 0 Å². The van der Waals surface area contributed by atoms with Crippen molar-refractivity contribution in [2.24, 2.45) is 5.92 Å². The third-order valence-corrected chi connectivity index (χ3v) is 5.54. The van der Waals surface area contributed by atoms with Crippen LogP contribution < -0.4 is 5.32 Å². The third-order valence-electron chi connectivity index (χ3n) is 4.76. The molecule has 1 N–H and O–H groups in total. The average Bonchev–Trinajstić information content (AvgIpc) is 2.74. The quantitative estimate of drug-likeness (QED) is 0.539. The molecule has 3 rings (SSSR count). The molecule has 7 heteroatoms. The Labute approximate surface area is 173 Å². The van der Waals surface area contributed by atoms with Gasteiger partial charge in [0.15, 0.2) is 0 Å². The minimum atomic E-state index is -2.55. The molecule has 0 aromatic heterocycles. The highest BCUT2D eigenvalue weighted by molar-refractivity contribution is 7.99. The zero-order valence-electron chi connectivity index (χ0n) is 15.8. The van der Waals surface area contributed by atoms with E-state index >= 15 is 0 Å². The zero-order valence-corrected chi connectivity index (χ0v) is 16.6. The normalized spacial score (nSPS) is 15.1. The summed E-state index contributed by atoms with van der Waals surface area (Å²) < 4.78 is 25.4. The van der Waals surface area contributed by atoms with E-state index in [1.54, 1.807) is 41.3 Å². The number of likely N-dealkylation sites (tertiary alicyclic amines) is 1. The number of amides is 2. The van der Waals surface area contributed by atoms with Gasteiger partial charge in [-0.1, -0.05) is 54.2 Å². The van der Waals surface area contributed by atoms with Gasteiger partial charge in [-0.25, -0.2) is 0 Å².